The lowest BCUT2D eigenvalue weighted by Crippen LogP contribution is -2.37. The Labute approximate surface area is 158 Å². The van der Waals surface area contributed by atoms with Crippen LogP contribution in [0.3, 0.4) is 0 Å². The molecule has 1 fully saturated rings. The van der Waals surface area contributed by atoms with Gasteiger partial charge in [0.15, 0.2) is 0 Å². The highest BCUT2D eigenvalue weighted by Gasteiger charge is 2.25. The molecule has 0 radical (unpaired) electrons. The summed E-state index contributed by atoms with van der Waals surface area (Å²) in [5.74, 6) is 0.975. The van der Waals surface area contributed by atoms with E-state index >= 15 is 0 Å². The molecule has 2 heterocycles. The normalized spacial score (nSPS) is 14.4. The molecule has 0 N–H and O–H groups in total. The van der Waals surface area contributed by atoms with Crippen molar-refractivity contribution in [2.75, 3.05) is 40.4 Å². The van der Waals surface area contributed by atoms with Gasteiger partial charge in [-0.05, 0) is 30.7 Å². The SMILES string of the molecule is COc1ccc(C(=O)N2CCCN(C(=O)c3ccncc3)CC2)c(OC)c1. The van der Waals surface area contributed by atoms with Gasteiger partial charge in [-0.1, -0.05) is 0 Å². The van der Waals surface area contributed by atoms with E-state index in [2.05, 4.69) is 4.98 Å². The van der Waals surface area contributed by atoms with Crippen LogP contribution in [0.5, 0.6) is 11.5 Å². The average Bonchev–Trinajstić information content (AvgIpc) is 2.99. The number of amides is 2. The van der Waals surface area contributed by atoms with Gasteiger partial charge in [0.1, 0.15) is 11.5 Å². The van der Waals surface area contributed by atoms with E-state index in [0.29, 0.717) is 48.8 Å². The monoisotopic (exact) mass is 369 g/mol. The predicted molar refractivity (Wildman–Crippen MR) is 100 cm³/mol. The number of carbonyl (C=O) groups is 2. The van der Waals surface area contributed by atoms with Crippen LogP contribution in [0.2, 0.25) is 0 Å². The van der Waals surface area contributed by atoms with Crippen molar-refractivity contribution in [2.45, 2.75) is 6.42 Å². The van der Waals surface area contributed by atoms with Crippen molar-refractivity contribution in [1.29, 1.82) is 0 Å². The molecule has 1 saturated heterocycles. The summed E-state index contributed by atoms with van der Waals surface area (Å²) >= 11 is 0. The summed E-state index contributed by atoms with van der Waals surface area (Å²) < 4.78 is 10.5. The van der Waals surface area contributed by atoms with Gasteiger partial charge in [0.2, 0.25) is 0 Å². The third kappa shape index (κ3) is 4.19. The smallest absolute Gasteiger partial charge is 0.257 e. The highest BCUT2D eigenvalue weighted by molar-refractivity contribution is 5.97. The zero-order valence-electron chi connectivity index (χ0n) is 15.6. The van der Waals surface area contributed by atoms with E-state index < -0.39 is 0 Å². The Bertz CT molecular complexity index is 810. The van der Waals surface area contributed by atoms with E-state index in [1.807, 2.05) is 0 Å². The lowest BCUT2D eigenvalue weighted by Gasteiger charge is -2.23. The van der Waals surface area contributed by atoms with Crippen LogP contribution in [-0.4, -0.2) is 67.0 Å². The fourth-order valence-electron chi connectivity index (χ4n) is 3.15. The van der Waals surface area contributed by atoms with Gasteiger partial charge >= 0.3 is 0 Å². The summed E-state index contributed by atoms with van der Waals surface area (Å²) in [7, 11) is 3.10. The Kier molecular flexibility index (Phi) is 5.90. The second-order valence-corrected chi connectivity index (χ2v) is 6.24. The number of methoxy groups -OCH3 is 2. The zero-order chi connectivity index (χ0) is 19.2. The number of benzene rings is 1. The van der Waals surface area contributed by atoms with Crippen molar-refractivity contribution in [3.63, 3.8) is 0 Å². The van der Waals surface area contributed by atoms with Crippen molar-refractivity contribution in [2.24, 2.45) is 0 Å². The van der Waals surface area contributed by atoms with E-state index in [-0.39, 0.29) is 11.8 Å². The summed E-state index contributed by atoms with van der Waals surface area (Å²) in [6.45, 7) is 2.18. The van der Waals surface area contributed by atoms with Crippen LogP contribution in [-0.2, 0) is 0 Å². The Morgan fingerprint density at radius 1 is 0.889 bits per heavy atom. The Balaban J connectivity index is 1.71. The van der Waals surface area contributed by atoms with Crippen molar-refractivity contribution in [3.05, 3.63) is 53.9 Å². The number of hydrogen-bond acceptors (Lipinski definition) is 5. The fourth-order valence-corrected chi connectivity index (χ4v) is 3.15. The number of hydrogen-bond donors (Lipinski definition) is 0. The number of nitrogens with zero attached hydrogens (tertiary/aromatic N) is 3. The molecule has 2 aromatic rings. The van der Waals surface area contributed by atoms with Gasteiger partial charge in [-0.25, -0.2) is 0 Å². The first kappa shape index (κ1) is 18.7. The van der Waals surface area contributed by atoms with Gasteiger partial charge < -0.3 is 19.3 Å². The third-order valence-electron chi connectivity index (χ3n) is 4.64. The maximum atomic E-state index is 13.0. The van der Waals surface area contributed by atoms with Gasteiger partial charge in [0, 0.05) is 50.2 Å². The minimum atomic E-state index is -0.104. The molecule has 1 aliphatic heterocycles. The maximum absolute atomic E-state index is 13.0. The lowest BCUT2D eigenvalue weighted by molar-refractivity contribution is 0.0717. The molecule has 0 bridgehead atoms. The molecule has 0 atom stereocenters. The average molecular weight is 369 g/mol. The molecule has 0 saturated carbocycles. The highest BCUT2D eigenvalue weighted by atomic mass is 16.5. The maximum Gasteiger partial charge on any atom is 0.257 e. The van der Waals surface area contributed by atoms with Crippen LogP contribution in [0.25, 0.3) is 0 Å². The summed E-state index contributed by atoms with van der Waals surface area (Å²) in [5.41, 5.74) is 1.11. The number of rotatable bonds is 4. The van der Waals surface area contributed by atoms with Gasteiger partial charge in [0.25, 0.3) is 11.8 Å². The number of carbonyl (C=O) groups excluding carboxylic acids is 2. The van der Waals surface area contributed by atoms with Gasteiger partial charge in [-0.15, -0.1) is 0 Å². The summed E-state index contributed by atoms with van der Waals surface area (Å²) in [6, 6.07) is 8.57. The van der Waals surface area contributed by atoms with Crippen molar-refractivity contribution in [1.82, 2.24) is 14.8 Å². The van der Waals surface area contributed by atoms with Crippen molar-refractivity contribution < 1.29 is 19.1 Å². The molecule has 7 heteroatoms. The third-order valence-corrected chi connectivity index (χ3v) is 4.64. The largest absolute Gasteiger partial charge is 0.497 e. The van der Waals surface area contributed by atoms with Gasteiger partial charge in [0.05, 0.1) is 19.8 Å². The Morgan fingerprint density at radius 2 is 1.56 bits per heavy atom. The number of pyridine rings is 1. The molecule has 7 nitrogen and oxygen atoms in total. The summed E-state index contributed by atoms with van der Waals surface area (Å²) in [4.78, 5) is 33.1. The molecule has 1 aromatic carbocycles. The number of ether oxygens (including phenoxy) is 2. The van der Waals surface area contributed by atoms with Crippen molar-refractivity contribution >= 4 is 11.8 Å². The molecule has 142 valence electrons. The van der Waals surface area contributed by atoms with Gasteiger partial charge in [-0.2, -0.15) is 0 Å². The Hall–Kier alpha value is -3.09. The van der Waals surface area contributed by atoms with Crippen LogP contribution < -0.4 is 9.47 Å². The molecule has 3 rings (SSSR count). The van der Waals surface area contributed by atoms with Crippen LogP contribution >= 0.6 is 0 Å². The molecule has 0 unspecified atom stereocenters. The van der Waals surface area contributed by atoms with Gasteiger partial charge in [-0.3, -0.25) is 14.6 Å². The second kappa shape index (κ2) is 8.53. The quantitative estimate of drug-likeness (QED) is 0.825. The predicted octanol–water partition coefficient (Wildman–Crippen LogP) is 2.09. The first-order valence-electron chi connectivity index (χ1n) is 8.84. The lowest BCUT2D eigenvalue weighted by atomic mass is 10.1. The molecule has 0 aliphatic carbocycles. The fraction of sp³-hybridized carbons (Fsp3) is 0.350. The molecule has 0 spiro atoms. The highest BCUT2D eigenvalue weighted by Crippen LogP contribution is 2.26. The molecular formula is C20H23N3O4. The van der Waals surface area contributed by atoms with E-state index in [1.165, 1.54) is 7.11 Å². The molecular weight excluding hydrogens is 346 g/mol. The van der Waals surface area contributed by atoms with E-state index in [1.54, 1.807) is 59.6 Å². The Morgan fingerprint density at radius 3 is 2.19 bits per heavy atom. The first-order valence-corrected chi connectivity index (χ1v) is 8.84. The molecule has 1 aliphatic rings. The van der Waals surface area contributed by atoms with Crippen molar-refractivity contribution in [3.8, 4) is 11.5 Å². The zero-order valence-corrected chi connectivity index (χ0v) is 15.6. The molecule has 27 heavy (non-hydrogen) atoms. The van der Waals surface area contributed by atoms with E-state index in [4.69, 9.17) is 9.47 Å². The summed E-state index contributed by atoms with van der Waals surface area (Å²) in [6.07, 6.45) is 3.94. The number of aromatic nitrogens is 1. The van der Waals surface area contributed by atoms with E-state index in [9.17, 15) is 9.59 Å². The van der Waals surface area contributed by atoms with E-state index in [0.717, 1.165) is 6.42 Å². The first-order chi connectivity index (χ1) is 13.1. The van der Waals surface area contributed by atoms with Crippen LogP contribution in [0, 0.1) is 0 Å². The minimum Gasteiger partial charge on any atom is -0.497 e. The van der Waals surface area contributed by atoms with Crippen LogP contribution in [0.15, 0.2) is 42.7 Å². The van der Waals surface area contributed by atoms with Crippen LogP contribution in [0.1, 0.15) is 27.1 Å². The standard InChI is InChI=1S/C20H23N3O4/c1-26-16-4-5-17(18(14-16)27-2)20(25)23-11-3-10-22(12-13-23)19(24)15-6-8-21-9-7-15/h4-9,14H,3,10-13H2,1-2H3. The van der Waals surface area contributed by atoms with Crippen LogP contribution in [0.4, 0.5) is 0 Å². The minimum absolute atomic E-state index is 0.0336. The topological polar surface area (TPSA) is 72.0 Å². The summed E-state index contributed by atoms with van der Waals surface area (Å²) in [5, 5.41) is 0. The second-order valence-electron chi connectivity index (χ2n) is 6.24. The molecule has 2 amide bonds. The molecule has 1 aromatic heterocycles.